The first-order valence-electron chi connectivity index (χ1n) is 4.13. The monoisotopic (exact) mass is 198 g/mol. The lowest BCUT2D eigenvalue weighted by Crippen LogP contribution is -2.53. The van der Waals surface area contributed by atoms with Gasteiger partial charge in [0.1, 0.15) is 5.54 Å². The van der Waals surface area contributed by atoms with Crippen LogP contribution >= 0.6 is 0 Å². The number of rotatable bonds is 4. The summed E-state index contributed by atoms with van der Waals surface area (Å²) in [5.41, 5.74) is -1.28. The summed E-state index contributed by atoms with van der Waals surface area (Å²) in [4.78, 5) is 21.7. The van der Waals surface area contributed by atoms with Gasteiger partial charge in [-0.25, -0.2) is 9.59 Å². The minimum Gasteiger partial charge on any atom is -0.480 e. The Kier molecular flexibility index (Phi) is 4.50. The molecule has 0 radical (unpaired) electrons. The highest BCUT2D eigenvalue weighted by Crippen LogP contribution is 2.00. The number of carboxylic acids is 1. The van der Waals surface area contributed by atoms with E-state index in [2.05, 4.69) is 16.6 Å². The molecule has 0 saturated heterocycles. The molecule has 0 spiro atoms. The first kappa shape index (κ1) is 12.3. The molecule has 5 nitrogen and oxygen atoms in total. The SMILES string of the molecule is C#CCCNC(=O)NC(C)(C)C(=O)O. The van der Waals surface area contributed by atoms with Gasteiger partial charge in [0.2, 0.25) is 0 Å². The Labute approximate surface area is 82.9 Å². The zero-order valence-electron chi connectivity index (χ0n) is 8.26. The predicted octanol–water partition coefficient (Wildman–Crippen LogP) is 0.172. The fraction of sp³-hybridized carbons (Fsp3) is 0.556. The van der Waals surface area contributed by atoms with Crippen LogP contribution in [0.3, 0.4) is 0 Å². The Morgan fingerprint density at radius 3 is 2.50 bits per heavy atom. The summed E-state index contributed by atoms with van der Waals surface area (Å²) < 4.78 is 0. The second-order valence-electron chi connectivity index (χ2n) is 3.27. The van der Waals surface area contributed by atoms with Gasteiger partial charge in [-0.2, -0.15) is 0 Å². The van der Waals surface area contributed by atoms with Gasteiger partial charge in [-0.3, -0.25) is 0 Å². The van der Waals surface area contributed by atoms with Crippen LogP contribution in [-0.4, -0.2) is 29.2 Å². The van der Waals surface area contributed by atoms with Crippen LogP contribution in [0.2, 0.25) is 0 Å². The molecule has 0 rings (SSSR count). The average molecular weight is 198 g/mol. The molecule has 0 unspecified atom stereocenters. The maximum Gasteiger partial charge on any atom is 0.328 e. The molecule has 0 aromatic heterocycles. The maximum atomic E-state index is 11.1. The molecule has 0 aliphatic rings. The van der Waals surface area contributed by atoms with E-state index in [4.69, 9.17) is 11.5 Å². The highest BCUT2D eigenvalue weighted by molar-refractivity contribution is 5.85. The lowest BCUT2D eigenvalue weighted by molar-refractivity contribution is -0.142. The molecular weight excluding hydrogens is 184 g/mol. The van der Waals surface area contributed by atoms with E-state index < -0.39 is 17.5 Å². The second kappa shape index (κ2) is 5.12. The maximum absolute atomic E-state index is 11.1. The zero-order valence-corrected chi connectivity index (χ0v) is 8.26. The third kappa shape index (κ3) is 4.36. The number of nitrogens with one attached hydrogen (secondary N) is 2. The van der Waals surface area contributed by atoms with E-state index >= 15 is 0 Å². The van der Waals surface area contributed by atoms with Crippen molar-refractivity contribution in [2.45, 2.75) is 25.8 Å². The molecule has 3 N–H and O–H groups in total. The Morgan fingerprint density at radius 2 is 2.07 bits per heavy atom. The van der Waals surface area contributed by atoms with Gasteiger partial charge >= 0.3 is 12.0 Å². The molecule has 0 fully saturated rings. The number of hydrogen-bond acceptors (Lipinski definition) is 2. The number of terminal acetylenes is 1. The van der Waals surface area contributed by atoms with Gasteiger partial charge in [-0.05, 0) is 13.8 Å². The molecular formula is C9H14N2O3. The summed E-state index contributed by atoms with van der Waals surface area (Å²) in [5, 5.41) is 13.4. The minimum atomic E-state index is -1.28. The largest absolute Gasteiger partial charge is 0.480 e. The van der Waals surface area contributed by atoms with Crippen molar-refractivity contribution in [2.24, 2.45) is 0 Å². The molecule has 0 atom stereocenters. The quantitative estimate of drug-likeness (QED) is 0.445. The van der Waals surface area contributed by atoms with Crippen LogP contribution in [0, 0.1) is 12.3 Å². The number of carboxylic acid groups (broad SMARTS) is 1. The van der Waals surface area contributed by atoms with Gasteiger partial charge < -0.3 is 15.7 Å². The van der Waals surface area contributed by atoms with Gasteiger partial charge in [0.05, 0.1) is 0 Å². The summed E-state index contributed by atoms with van der Waals surface area (Å²) >= 11 is 0. The summed E-state index contributed by atoms with van der Waals surface area (Å²) in [6, 6.07) is -0.535. The molecule has 78 valence electrons. The Balaban J connectivity index is 3.95. The molecule has 0 aromatic carbocycles. The summed E-state index contributed by atoms with van der Waals surface area (Å²) in [6.45, 7) is 3.13. The fourth-order valence-electron chi connectivity index (χ4n) is 0.630. The van der Waals surface area contributed by atoms with Crippen LogP contribution in [0.5, 0.6) is 0 Å². The third-order valence-corrected chi connectivity index (χ3v) is 1.52. The molecule has 0 saturated carbocycles. The Morgan fingerprint density at radius 1 is 1.50 bits per heavy atom. The van der Waals surface area contributed by atoms with Gasteiger partial charge in [-0.15, -0.1) is 12.3 Å². The average Bonchev–Trinajstić information content (AvgIpc) is 2.03. The van der Waals surface area contributed by atoms with Crippen LogP contribution in [0.15, 0.2) is 0 Å². The van der Waals surface area contributed by atoms with Crippen LogP contribution in [-0.2, 0) is 4.79 Å². The van der Waals surface area contributed by atoms with Crippen molar-refractivity contribution in [2.75, 3.05) is 6.54 Å². The van der Waals surface area contributed by atoms with Gasteiger partial charge in [0.15, 0.2) is 0 Å². The van der Waals surface area contributed by atoms with E-state index in [1.54, 1.807) is 0 Å². The van der Waals surface area contributed by atoms with E-state index in [0.29, 0.717) is 13.0 Å². The second-order valence-corrected chi connectivity index (χ2v) is 3.27. The topological polar surface area (TPSA) is 78.4 Å². The number of carbonyl (C=O) groups is 2. The molecule has 0 aromatic rings. The third-order valence-electron chi connectivity index (χ3n) is 1.52. The van der Waals surface area contributed by atoms with Crippen LogP contribution in [0.25, 0.3) is 0 Å². The van der Waals surface area contributed by atoms with Crippen molar-refractivity contribution in [3.05, 3.63) is 0 Å². The number of carbonyl (C=O) groups excluding carboxylic acids is 1. The number of amides is 2. The van der Waals surface area contributed by atoms with Crippen LogP contribution in [0.4, 0.5) is 4.79 Å². The first-order chi connectivity index (χ1) is 6.40. The van der Waals surface area contributed by atoms with E-state index in [0.717, 1.165) is 0 Å². The molecule has 2 amide bonds. The molecule has 0 aliphatic heterocycles. The van der Waals surface area contributed by atoms with Gasteiger partial charge in [-0.1, -0.05) is 0 Å². The van der Waals surface area contributed by atoms with Crippen molar-refractivity contribution in [3.63, 3.8) is 0 Å². The Hall–Kier alpha value is -1.70. The van der Waals surface area contributed by atoms with Gasteiger partial charge in [0.25, 0.3) is 0 Å². The number of aliphatic carboxylic acids is 1. The van der Waals surface area contributed by atoms with Crippen molar-refractivity contribution in [1.29, 1.82) is 0 Å². The molecule has 14 heavy (non-hydrogen) atoms. The Bertz CT molecular complexity index is 266. The highest BCUT2D eigenvalue weighted by Gasteiger charge is 2.28. The summed E-state index contributed by atoms with van der Waals surface area (Å²) in [5.74, 6) is 1.26. The zero-order chi connectivity index (χ0) is 11.2. The van der Waals surface area contributed by atoms with Crippen molar-refractivity contribution < 1.29 is 14.7 Å². The number of urea groups is 1. The molecule has 0 aliphatic carbocycles. The van der Waals surface area contributed by atoms with Crippen LogP contribution < -0.4 is 10.6 Å². The van der Waals surface area contributed by atoms with E-state index in [-0.39, 0.29) is 0 Å². The van der Waals surface area contributed by atoms with Crippen molar-refractivity contribution >= 4 is 12.0 Å². The van der Waals surface area contributed by atoms with Crippen LogP contribution in [0.1, 0.15) is 20.3 Å². The standard InChI is InChI=1S/C9H14N2O3/c1-4-5-6-10-8(14)11-9(2,3)7(12)13/h1H,5-6H2,2-3H3,(H,12,13)(H2,10,11,14). The lowest BCUT2D eigenvalue weighted by atomic mass is 10.1. The summed E-state index contributed by atoms with van der Waals surface area (Å²) in [6.07, 6.45) is 5.39. The molecule has 5 heteroatoms. The summed E-state index contributed by atoms with van der Waals surface area (Å²) in [7, 11) is 0. The van der Waals surface area contributed by atoms with Crippen molar-refractivity contribution in [3.8, 4) is 12.3 Å². The normalized spacial score (nSPS) is 10.1. The van der Waals surface area contributed by atoms with Gasteiger partial charge in [0, 0.05) is 13.0 Å². The number of hydrogen-bond donors (Lipinski definition) is 3. The molecule has 0 bridgehead atoms. The van der Waals surface area contributed by atoms with Crippen molar-refractivity contribution in [1.82, 2.24) is 10.6 Å². The van der Waals surface area contributed by atoms with E-state index in [9.17, 15) is 9.59 Å². The van der Waals surface area contributed by atoms with E-state index in [1.165, 1.54) is 13.8 Å². The fourth-order valence-corrected chi connectivity index (χ4v) is 0.630. The lowest BCUT2D eigenvalue weighted by Gasteiger charge is -2.20. The van der Waals surface area contributed by atoms with E-state index in [1.807, 2.05) is 0 Å². The highest BCUT2D eigenvalue weighted by atomic mass is 16.4. The molecule has 0 heterocycles. The minimum absolute atomic E-state index is 0.331. The first-order valence-corrected chi connectivity index (χ1v) is 4.13. The smallest absolute Gasteiger partial charge is 0.328 e. The predicted molar refractivity (Wildman–Crippen MR) is 51.7 cm³/mol.